The van der Waals surface area contributed by atoms with Gasteiger partial charge in [0.2, 0.25) is 0 Å². The van der Waals surface area contributed by atoms with Gasteiger partial charge in [-0.2, -0.15) is 0 Å². The molecule has 0 radical (unpaired) electrons. The molecule has 2 saturated carbocycles. The molecule has 5 heteroatoms. The summed E-state index contributed by atoms with van der Waals surface area (Å²) in [6.07, 6.45) is 12.8. The molecule has 5 aliphatic rings. The maximum atomic E-state index is 6.19. The summed E-state index contributed by atoms with van der Waals surface area (Å²) in [7, 11) is 0. The summed E-state index contributed by atoms with van der Waals surface area (Å²) < 4.78 is 6.19. The number of hydrogen-bond donors (Lipinski definition) is 1. The topological polar surface area (TPSA) is 40.1 Å². The number of ether oxygens (including phenoxy) is 1. The van der Waals surface area contributed by atoms with Gasteiger partial charge in [-0.05, 0) is 64.5 Å². The molecule has 3 saturated heterocycles. The maximum Gasteiger partial charge on any atom is 0.194 e. The van der Waals surface area contributed by atoms with Gasteiger partial charge in [-0.1, -0.05) is 19.3 Å². The molecule has 0 aromatic rings. The molecule has 5 nitrogen and oxygen atoms in total. The summed E-state index contributed by atoms with van der Waals surface area (Å²) in [5.74, 6) is 2.73. The first-order valence-electron chi connectivity index (χ1n) is 12.2. The minimum Gasteiger partial charge on any atom is -0.377 e. The van der Waals surface area contributed by atoms with Gasteiger partial charge in [-0.25, -0.2) is 0 Å². The fourth-order valence-corrected chi connectivity index (χ4v) is 7.11. The standard InChI is InChI=1S/C23H40N4O/c1-2-24-22(27-14-8-18(17-27)16-26-12-6-3-7-13-26)25-20-19-9-15-28-21(19)23(20)10-4-5-11-23/h18-21H,2-17H2,1H3,(H,24,25). The lowest BCUT2D eigenvalue weighted by Crippen LogP contribution is -2.69. The van der Waals surface area contributed by atoms with Crippen molar-refractivity contribution in [1.29, 1.82) is 0 Å². The average molecular weight is 389 g/mol. The second kappa shape index (κ2) is 8.14. The van der Waals surface area contributed by atoms with Crippen molar-refractivity contribution in [3.05, 3.63) is 0 Å². The van der Waals surface area contributed by atoms with Crippen molar-refractivity contribution in [1.82, 2.24) is 15.1 Å². The van der Waals surface area contributed by atoms with E-state index in [-0.39, 0.29) is 0 Å². The molecule has 0 bridgehead atoms. The second-order valence-electron chi connectivity index (χ2n) is 10.1. The molecule has 5 fully saturated rings. The number of piperidine rings is 1. The van der Waals surface area contributed by atoms with Crippen LogP contribution in [0.2, 0.25) is 0 Å². The number of fused-ring (bicyclic) bond motifs is 2. The monoisotopic (exact) mass is 388 g/mol. The summed E-state index contributed by atoms with van der Waals surface area (Å²) >= 11 is 0. The molecule has 5 rings (SSSR count). The molecular weight excluding hydrogens is 348 g/mol. The fourth-order valence-electron chi connectivity index (χ4n) is 7.11. The van der Waals surface area contributed by atoms with Crippen LogP contribution < -0.4 is 5.32 Å². The first-order chi connectivity index (χ1) is 13.8. The molecule has 3 aliphatic heterocycles. The Morgan fingerprint density at radius 2 is 1.89 bits per heavy atom. The van der Waals surface area contributed by atoms with E-state index in [4.69, 9.17) is 9.73 Å². The summed E-state index contributed by atoms with van der Waals surface area (Å²) in [4.78, 5) is 10.2. The van der Waals surface area contributed by atoms with Gasteiger partial charge in [0.25, 0.3) is 0 Å². The number of rotatable bonds is 4. The highest BCUT2D eigenvalue weighted by atomic mass is 16.5. The Labute approximate surface area is 171 Å². The Kier molecular flexibility index (Phi) is 5.57. The highest BCUT2D eigenvalue weighted by Crippen LogP contribution is 2.60. The summed E-state index contributed by atoms with van der Waals surface area (Å²) in [6.45, 7) is 10.3. The van der Waals surface area contributed by atoms with Crippen LogP contribution in [-0.2, 0) is 4.74 Å². The van der Waals surface area contributed by atoms with Crippen LogP contribution in [-0.4, -0.2) is 73.8 Å². The highest BCUT2D eigenvalue weighted by Gasteiger charge is 2.65. The number of nitrogens with one attached hydrogen (secondary N) is 1. The highest BCUT2D eigenvalue weighted by molar-refractivity contribution is 5.81. The van der Waals surface area contributed by atoms with Crippen molar-refractivity contribution in [2.45, 2.75) is 76.9 Å². The van der Waals surface area contributed by atoms with Gasteiger partial charge in [-0.15, -0.1) is 0 Å². The molecule has 4 unspecified atom stereocenters. The zero-order valence-electron chi connectivity index (χ0n) is 17.9. The van der Waals surface area contributed by atoms with Crippen molar-refractivity contribution in [3.8, 4) is 0 Å². The third kappa shape index (κ3) is 3.36. The molecule has 3 heterocycles. The van der Waals surface area contributed by atoms with Gasteiger partial charge in [0.05, 0.1) is 6.10 Å². The zero-order valence-corrected chi connectivity index (χ0v) is 17.9. The van der Waals surface area contributed by atoms with Crippen LogP contribution in [0.5, 0.6) is 0 Å². The number of hydrogen-bond acceptors (Lipinski definition) is 3. The van der Waals surface area contributed by atoms with E-state index in [0.717, 1.165) is 19.1 Å². The van der Waals surface area contributed by atoms with Crippen LogP contribution in [0.25, 0.3) is 0 Å². The molecule has 4 atom stereocenters. The first-order valence-corrected chi connectivity index (χ1v) is 12.2. The van der Waals surface area contributed by atoms with E-state index >= 15 is 0 Å². The minimum atomic E-state index is 0.405. The Hall–Kier alpha value is -0.810. The SMILES string of the molecule is CCN=C(NC1C2CCOC2C12CCCC2)N1CCC(CN2CCCCC2)C1. The lowest BCUT2D eigenvalue weighted by atomic mass is 9.54. The fraction of sp³-hybridized carbons (Fsp3) is 0.957. The van der Waals surface area contributed by atoms with Crippen LogP contribution >= 0.6 is 0 Å². The number of nitrogens with zero attached hydrogens (tertiary/aromatic N) is 3. The molecular formula is C23H40N4O. The van der Waals surface area contributed by atoms with E-state index in [1.807, 2.05) is 0 Å². The van der Waals surface area contributed by atoms with E-state index in [1.54, 1.807) is 0 Å². The Balaban J connectivity index is 1.22. The Bertz CT molecular complexity index is 567. The number of likely N-dealkylation sites (tertiary alicyclic amines) is 2. The van der Waals surface area contributed by atoms with Gasteiger partial charge in [-0.3, -0.25) is 4.99 Å². The predicted molar refractivity (Wildman–Crippen MR) is 114 cm³/mol. The number of guanidine groups is 1. The van der Waals surface area contributed by atoms with Gasteiger partial charge in [0.15, 0.2) is 5.96 Å². The molecule has 0 aromatic heterocycles. The van der Waals surface area contributed by atoms with Crippen molar-refractivity contribution >= 4 is 5.96 Å². The first kappa shape index (κ1) is 19.2. The van der Waals surface area contributed by atoms with Crippen LogP contribution in [0, 0.1) is 17.3 Å². The Morgan fingerprint density at radius 3 is 2.68 bits per heavy atom. The minimum absolute atomic E-state index is 0.405. The quantitative estimate of drug-likeness (QED) is 0.593. The van der Waals surface area contributed by atoms with Crippen molar-refractivity contribution in [2.75, 3.05) is 45.9 Å². The summed E-state index contributed by atoms with van der Waals surface area (Å²) in [5, 5.41) is 4.01. The summed E-state index contributed by atoms with van der Waals surface area (Å²) in [6, 6.07) is 0.592. The Morgan fingerprint density at radius 1 is 1.07 bits per heavy atom. The van der Waals surface area contributed by atoms with Crippen LogP contribution in [0.15, 0.2) is 4.99 Å². The third-order valence-electron chi connectivity index (χ3n) is 8.43. The molecule has 1 spiro atoms. The molecule has 2 aliphatic carbocycles. The normalized spacial score (nSPS) is 38.0. The molecule has 1 N–H and O–H groups in total. The second-order valence-corrected chi connectivity index (χ2v) is 10.1. The van der Waals surface area contributed by atoms with Crippen LogP contribution in [0.3, 0.4) is 0 Å². The van der Waals surface area contributed by atoms with E-state index in [1.165, 1.54) is 96.5 Å². The molecule has 0 aromatic carbocycles. The van der Waals surface area contributed by atoms with Crippen molar-refractivity contribution in [3.63, 3.8) is 0 Å². The zero-order chi connectivity index (χ0) is 19.0. The van der Waals surface area contributed by atoms with E-state index in [0.29, 0.717) is 23.5 Å². The predicted octanol–water partition coefficient (Wildman–Crippen LogP) is 3.11. The number of aliphatic imine (C=N–C) groups is 1. The van der Waals surface area contributed by atoms with E-state index in [2.05, 4.69) is 22.0 Å². The van der Waals surface area contributed by atoms with E-state index in [9.17, 15) is 0 Å². The summed E-state index contributed by atoms with van der Waals surface area (Å²) in [5.41, 5.74) is 0.405. The maximum absolute atomic E-state index is 6.19. The molecule has 28 heavy (non-hydrogen) atoms. The van der Waals surface area contributed by atoms with Crippen LogP contribution in [0.1, 0.15) is 64.7 Å². The van der Waals surface area contributed by atoms with E-state index < -0.39 is 0 Å². The van der Waals surface area contributed by atoms with Crippen molar-refractivity contribution in [2.24, 2.45) is 22.2 Å². The third-order valence-corrected chi connectivity index (χ3v) is 8.43. The van der Waals surface area contributed by atoms with Gasteiger partial charge >= 0.3 is 0 Å². The lowest BCUT2D eigenvalue weighted by Gasteiger charge is -2.57. The van der Waals surface area contributed by atoms with Crippen molar-refractivity contribution < 1.29 is 4.74 Å². The van der Waals surface area contributed by atoms with Gasteiger partial charge in [0.1, 0.15) is 0 Å². The van der Waals surface area contributed by atoms with Gasteiger partial charge < -0.3 is 19.9 Å². The van der Waals surface area contributed by atoms with Crippen LogP contribution in [0.4, 0.5) is 0 Å². The largest absolute Gasteiger partial charge is 0.377 e. The average Bonchev–Trinajstić information content (AvgIpc) is 3.45. The van der Waals surface area contributed by atoms with Gasteiger partial charge in [0, 0.05) is 50.2 Å². The smallest absolute Gasteiger partial charge is 0.194 e. The lowest BCUT2D eigenvalue weighted by molar-refractivity contribution is -0.125. The molecule has 158 valence electrons. The molecule has 0 amide bonds.